The molecule has 1 fully saturated rings. The van der Waals surface area contributed by atoms with Gasteiger partial charge in [-0.25, -0.2) is 4.98 Å². The van der Waals surface area contributed by atoms with Gasteiger partial charge in [-0.05, 0) is 30.9 Å². The highest BCUT2D eigenvalue weighted by Gasteiger charge is 2.26. The maximum absolute atomic E-state index is 12.4. The number of halogens is 1. The number of nitrogens with two attached hydrogens (primary N) is 1. The Hall–Kier alpha value is -1.33. The minimum atomic E-state index is -0.155. The summed E-state index contributed by atoms with van der Waals surface area (Å²) in [4.78, 5) is 18.2. The summed E-state index contributed by atoms with van der Waals surface area (Å²) in [5.41, 5.74) is 5.85. The molecule has 2 rings (SSSR count). The smallest absolute Gasteiger partial charge is 0.274 e. The van der Waals surface area contributed by atoms with E-state index in [4.69, 9.17) is 22.1 Å². The van der Waals surface area contributed by atoms with Crippen molar-refractivity contribution in [1.82, 2.24) is 9.88 Å². The second kappa shape index (κ2) is 6.21. The van der Waals surface area contributed by atoms with E-state index in [1.165, 1.54) is 0 Å². The monoisotopic (exact) mass is 283 g/mol. The number of hydrogen-bond acceptors (Lipinski definition) is 4. The molecule has 6 heteroatoms. The third-order valence-corrected chi connectivity index (χ3v) is 3.58. The lowest BCUT2D eigenvalue weighted by Gasteiger charge is -2.32. The quantitative estimate of drug-likeness (QED) is 0.919. The van der Waals surface area contributed by atoms with Crippen molar-refractivity contribution in [3.63, 3.8) is 0 Å². The van der Waals surface area contributed by atoms with Crippen LogP contribution < -0.4 is 5.73 Å². The SMILES string of the molecule is COCC1CCCN(C(=O)c2nc(N)ccc2Cl)C1. The van der Waals surface area contributed by atoms with Gasteiger partial charge >= 0.3 is 0 Å². The molecule has 1 aliphatic rings. The molecule has 0 bridgehead atoms. The zero-order valence-electron chi connectivity index (χ0n) is 10.9. The lowest BCUT2D eigenvalue weighted by atomic mass is 9.98. The van der Waals surface area contributed by atoms with Gasteiger partial charge in [0.2, 0.25) is 0 Å². The van der Waals surface area contributed by atoms with E-state index in [0.717, 1.165) is 19.4 Å². The number of ether oxygens (including phenoxy) is 1. The number of hydrogen-bond donors (Lipinski definition) is 1. The lowest BCUT2D eigenvalue weighted by molar-refractivity contribution is 0.0566. The Labute approximate surface area is 117 Å². The summed E-state index contributed by atoms with van der Waals surface area (Å²) < 4.78 is 5.16. The van der Waals surface area contributed by atoms with Gasteiger partial charge in [0.15, 0.2) is 0 Å². The largest absolute Gasteiger partial charge is 0.384 e. The van der Waals surface area contributed by atoms with E-state index < -0.39 is 0 Å². The molecular formula is C13H18ClN3O2. The van der Waals surface area contributed by atoms with Crippen LogP contribution in [-0.2, 0) is 4.74 Å². The second-order valence-corrected chi connectivity index (χ2v) is 5.19. The molecule has 1 unspecified atom stereocenters. The lowest BCUT2D eigenvalue weighted by Crippen LogP contribution is -2.41. The highest BCUT2D eigenvalue weighted by molar-refractivity contribution is 6.33. The fourth-order valence-electron chi connectivity index (χ4n) is 2.38. The molecule has 104 valence electrons. The second-order valence-electron chi connectivity index (χ2n) is 4.78. The van der Waals surface area contributed by atoms with Crippen molar-refractivity contribution in [1.29, 1.82) is 0 Å². The summed E-state index contributed by atoms with van der Waals surface area (Å²) in [6.07, 6.45) is 2.05. The van der Waals surface area contributed by atoms with Gasteiger partial charge in [0.05, 0.1) is 11.6 Å². The first kappa shape index (κ1) is 14.1. The van der Waals surface area contributed by atoms with E-state index in [-0.39, 0.29) is 11.6 Å². The Balaban J connectivity index is 2.12. The van der Waals surface area contributed by atoms with Crippen LogP contribution in [0.15, 0.2) is 12.1 Å². The molecule has 0 saturated carbocycles. The van der Waals surface area contributed by atoms with Gasteiger partial charge in [0, 0.05) is 20.2 Å². The first-order valence-corrected chi connectivity index (χ1v) is 6.70. The van der Waals surface area contributed by atoms with Crippen LogP contribution in [-0.4, -0.2) is 42.6 Å². The van der Waals surface area contributed by atoms with E-state index in [1.807, 2.05) is 0 Å². The molecule has 0 aromatic carbocycles. The molecule has 1 aliphatic heterocycles. The van der Waals surface area contributed by atoms with Crippen LogP contribution in [0.2, 0.25) is 5.02 Å². The van der Waals surface area contributed by atoms with E-state index in [1.54, 1.807) is 24.1 Å². The van der Waals surface area contributed by atoms with Crippen molar-refractivity contribution >= 4 is 23.3 Å². The van der Waals surface area contributed by atoms with Gasteiger partial charge in [-0.1, -0.05) is 11.6 Å². The summed E-state index contributed by atoms with van der Waals surface area (Å²) in [5, 5.41) is 0.341. The van der Waals surface area contributed by atoms with Gasteiger partial charge in [-0.2, -0.15) is 0 Å². The van der Waals surface area contributed by atoms with Crippen molar-refractivity contribution < 1.29 is 9.53 Å². The van der Waals surface area contributed by atoms with Gasteiger partial charge < -0.3 is 15.4 Å². The number of pyridine rings is 1. The molecule has 5 nitrogen and oxygen atoms in total. The number of nitrogen functional groups attached to an aromatic ring is 1. The Kier molecular flexibility index (Phi) is 4.61. The fraction of sp³-hybridized carbons (Fsp3) is 0.538. The van der Waals surface area contributed by atoms with Crippen LogP contribution in [0.3, 0.4) is 0 Å². The van der Waals surface area contributed by atoms with E-state index >= 15 is 0 Å². The van der Waals surface area contributed by atoms with Crippen LogP contribution in [0.1, 0.15) is 23.3 Å². The molecule has 0 aliphatic carbocycles. The first-order chi connectivity index (χ1) is 9.11. The van der Waals surface area contributed by atoms with Gasteiger partial charge in [0.1, 0.15) is 11.5 Å². The Morgan fingerprint density at radius 1 is 1.63 bits per heavy atom. The number of carbonyl (C=O) groups is 1. The number of likely N-dealkylation sites (tertiary alicyclic amines) is 1. The third kappa shape index (κ3) is 3.36. The predicted octanol–water partition coefficient (Wildman–Crippen LogP) is 1.82. The molecule has 0 radical (unpaired) electrons. The number of rotatable bonds is 3. The maximum atomic E-state index is 12.4. The van der Waals surface area contributed by atoms with Crippen molar-refractivity contribution in [3.8, 4) is 0 Å². The topological polar surface area (TPSA) is 68.5 Å². The van der Waals surface area contributed by atoms with Crippen molar-refractivity contribution in [3.05, 3.63) is 22.8 Å². The van der Waals surface area contributed by atoms with Crippen molar-refractivity contribution in [2.75, 3.05) is 32.5 Å². The average Bonchev–Trinajstić information content (AvgIpc) is 2.41. The van der Waals surface area contributed by atoms with Crippen LogP contribution in [0.4, 0.5) is 5.82 Å². The molecule has 0 spiro atoms. The van der Waals surface area contributed by atoms with Gasteiger partial charge in [0.25, 0.3) is 5.91 Å². The number of methoxy groups -OCH3 is 1. The first-order valence-electron chi connectivity index (χ1n) is 6.32. The van der Waals surface area contributed by atoms with Crippen molar-refractivity contribution in [2.24, 2.45) is 5.92 Å². The van der Waals surface area contributed by atoms with Crippen LogP contribution >= 0.6 is 11.6 Å². The van der Waals surface area contributed by atoms with Crippen LogP contribution in [0.5, 0.6) is 0 Å². The molecule has 19 heavy (non-hydrogen) atoms. The summed E-state index contributed by atoms with van der Waals surface area (Å²) in [5.74, 6) is 0.527. The number of nitrogens with zero attached hydrogens (tertiary/aromatic N) is 2. The molecule has 1 aromatic heterocycles. The molecular weight excluding hydrogens is 266 g/mol. The molecule has 2 N–H and O–H groups in total. The van der Waals surface area contributed by atoms with E-state index in [2.05, 4.69) is 4.98 Å². The minimum Gasteiger partial charge on any atom is -0.384 e. The Bertz CT molecular complexity index is 465. The zero-order chi connectivity index (χ0) is 13.8. The zero-order valence-corrected chi connectivity index (χ0v) is 11.7. The van der Waals surface area contributed by atoms with Gasteiger partial charge in [-0.3, -0.25) is 4.79 Å². The molecule has 2 heterocycles. The average molecular weight is 284 g/mol. The molecule has 1 aromatic rings. The third-order valence-electron chi connectivity index (χ3n) is 3.28. The van der Waals surface area contributed by atoms with Crippen LogP contribution in [0, 0.1) is 5.92 Å². The summed E-state index contributed by atoms with van der Waals surface area (Å²) in [6, 6.07) is 3.19. The molecule has 1 amide bonds. The Morgan fingerprint density at radius 3 is 3.16 bits per heavy atom. The number of anilines is 1. The Morgan fingerprint density at radius 2 is 2.42 bits per heavy atom. The normalized spacial score (nSPS) is 19.5. The van der Waals surface area contributed by atoms with Crippen molar-refractivity contribution in [2.45, 2.75) is 12.8 Å². The molecule has 1 saturated heterocycles. The van der Waals surface area contributed by atoms with E-state index in [9.17, 15) is 4.79 Å². The number of piperidine rings is 1. The van der Waals surface area contributed by atoms with E-state index in [0.29, 0.717) is 29.9 Å². The summed E-state index contributed by atoms with van der Waals surface area (Å²) in [6.45, 7) is 2.08. The maximum Gasteiger partial charge on any atom is 0.274 e. The number of carbonyl (C=O) groups excluding carboxylic acids is 1. The molecule has 1 atom stereocenters. The summed E-state index contributed by atoms with van der Waals surface area (Å²) in [7, 11) is 1.68. The predicted molar refractivity (Wildman–Crippen MR) is 74.2 cm³/mol. The highest BCUT2D eigenvalue weighted by Crippen LogP contribution is 2.22. The standard InChI is InChI=1S/C13H18ClN3O2/c1-19-8-9-3-2-6-17(7-9)13(18)12-10(14)4-5-11(15)16-12/h4-5,9H,2-3,6-8H2,1H3,(H2,15,16). The highest BCUT2D eigenvalue weighted by atomic mass is 35.5. The van der Waals surface area contributed by atoms with Gasteiger partial charge in [-0.15, -0.1) is 0 Å². The van der Waals surface area contributed by atoms with Crippen LogP contribution in [0.25, 0.3) is 0 Å². The minimum absolute atomic E-state index is 0.155. The summed E-state index contributed by atoms with van der Waals surface area (Å²) >= 11 is 6.02. The fourth-order valence-corrected chi connectivity index (χ4v) is 2.56. The number of aromatic nitrogens is 1. The number of amides is 1.